The summed E-state index contributed by atoms with van der Waals surface area (Å²) in [4.78, 5) is 26.0. The molecule has 0 saturated heterocycles. The first-order chi connectivity index (χ1) is 10.1. The summed E-state index contributed by atoms with van der Waals surface area (Å²) in [7, 11) is 3.17. The van der Waals surface area contributed by atoms with Crippen molar-refractivity contribution in [1.29, 1.82) is 0 Å². The molecule has 0 bridgehead atoms. The molecule has 0 aliphatic heterocycles. The minimum Gasteiger partial charge on any atom is -0.497 e. The SMILES string of the molecule is COc1cccc(NC(=O)CN(C)C(=O)c2cccs2)c1. The third kappa shape index (κ3) is 4.06. The normalized spacial score (nSPS) is 10.0. The van der Waals surface area contributed by atoms with Crippen molar-refractivity contribution < 1.29 is 14.3 Å². The molecule has 1 N–H and O–H groups in total. The Hall–Kier alpha value is -2.34. The van der Waals surface area contributed by atoms with Gasteiger partial charge in [-0.15, -0.1) is 11.3 Å². The monoisotopic (exact) mass is 304 g/mol. The Morgan fingerprint density at radius 3 is 2.76 bits per heavy atom. The second-order valence-corrected chi connectivity index (χ2v) is 5.37. The van der Waals surface area contributed by atoms with Gasteiger partial charge in [0.05, 0.1) is 18.5 Å². The second-order valence-electron chi connectivity index (χ2n) is 4.42. The lowest BCUT2D eigenvalue weighted by molar-refractivity contribution is -0.116. The van der Waals surface area contributed by atoms with E-state index in [2.05, 4.69) is 5.32 Å². The van der Waals surface area contributed by atoms with Crippen LogP contribution in [-0.4, -0.2) is 37.4 Å². The van der Waals surface area contributed by atoms with Gasteiger partial charge in [-0.1, -0.05) is 12.1 Å². The molecular formula is C15H16N2O3S. The summed E-state index contributed by atoms with van der Waals surface area (Å²) in [6, 6.07) is 10.6. The summed E-state index contributed by atoms with van der Waals surface area (Å²) in [6.45, 7) is -0.00601. The van der Waals surface area contributed by atoms with Crippen molar-refractivity contribution in [3.63, 3.8) is 0 Å². The lowest BCUT2D eigenvalue weighted by Gasteiger charge is -2.16. The van der Waals surface area contributed by atoms with Crippen LogP contribution < -0.4 is 10.1 Å². The molecule has 2 aromatic rings. The number of hydrogen-bond donors (Lipinski definition) is 1. The Morgan fingerprint density at radius 1 is 1.29 bits per heavy atom. The fourth-order valence-electron chi connectivity index (χ4n) is 1.78. The van der Waals surface area contributed by atoms with Crippen molar-refractivity contribution in [3.8, 4) is 5.75 Å². The fraction of sp³-hybridized carbons (Fsp3) is 0.200. The van der Waals surface area contributed by atoms with Crippen molar-refractivity contribution >= 4 is 28.8 Å². The number of carbonyl (C=O) groups is 2. The molecule has 21 heavy (non-hydrogen) atoms. The van der Waals surface area contributed by atoms with Crippen molar-refractivity contribution in [2.75, 3.05) is 26.0 Å². The van der Waals surface area contributed by atoms with Crippen LogP contribution in [0.3, 0.4) is 0 Å². The molecule has 1 aromatic heterocycles. The molecule has 5 nitrogen and oxygen atoms in total. The third-order valence-corrected chi connectivity index (χ3v) is 3.67. The van der Waals surface area contributed by atoms with E-state index in [0.29, 0.717) is 16.3 Å². The Balaban J connectivity index is 1.93. The molecule has 0 fully saturated rings. The Bertz CT molecular complexity index is 626. The Kier molecular flexibility index (Phi) is 4.94. The predicted molar refractivity (Wildman–Crippen MR) is 82.9 cm³/mol. The summed E-state index contributed by atoms with van der Waals surface area (Å²) in [6.07, 6.45) is 0. The van der Waals surface area contributed by atoms with E-state index in [1.54, 1.807) is 44.5 Å². The van der Waals surface area contributed by atoms with Gasteiger partial charge in [0.1, 0.15) is 5.75 Å². The molecule has 2 rings (SSSR count). The molecule has 6 heteroatoms. The van der Waals surface area contributed by atoms with Crippen molar-refractivity contribution in [3.05, 3.63) is 46.7 Å². The van der Waals surface area contributed by atoms with Crippen LogP contribution in [0.4, 0.5) is 5.69 Å². The summed E-state index contributed by atoms with van der Waals surface area (Å²) in [5.41, 5.74) is 0.635. The van der Waals surface area contributed by atoms with Crippen LogP contribution in [0.15, 0.2) is 41.8 Å². The largest absolute Gasteiger partial charge is 0.497 e. The number of carbonyl (C=O) groups excluding carboxylic acids is 2. The number of amides is 2. The minimum atomic E-state index is -0.254. The molecule has 1 aromatic carbocycles. The Morgan fingerprint density at radius 2 is 2.10 bits per heavy atom. The second kappa shape index (κ2) is 6.90. The van der Waals surface area contributed by atoms with E-state index in [4.69, 9.17) is 4.74 Å². The molecule has 0 atom stereocenters. The number of hydrogen-bond acceptors (Lipinski definition) is 4. The summed E-state index contributed by atoms with van der Waals surface area (Å²) >= 11 is 1.36. The van der Waals surface area contributed by atoms with Crippen LogP contribution in [0.2, 0.25) is 0 Å². The van der Waals surface area contributed by atoms with E-state index in [0.717, 1.165) is 0 Å². The van der Waals surface area contributed by atoms with Gasteiger partial charge in [0.25, 0.3) is 5.91 Å². The van der Waals surface area contributed by atoms with Crippen molar-refractivity contribution in [2.24, 2.45) is 0 Å². The minimum absolute atomic E-state index is 0.00601. The fourth-order valence-corrected chi connectivity index (χ4v) is 2.49. The quantitative estimate of drug-likeness (QED) is 0.923. The maximum atomic E-state index is 12.0. The van der Waals surface area contributed by atoms with E-state index in [1.165, 1.54) is 16.2 Å². The smallest absolute Gasteiger partial charge is 0.264 e. The number of nitrogens with zero attached hydrogens (tertiary/aromatic N) is 1. The summed E-state index contributed by atoms with van der Waals surface area (Å²) < 4.78 is 5.09. The van der Waals surface area contributed by atoms with Gasteiger partial charge in [0, 0.05) is 18.8 Å². The van der Waals surface area contributed by atoms with Gasteiger partial charge in [0.2, 0.25) is 5.91 Å². The van der Waals surface area contributed by atoms with E-state index >= 15 is 0 Å². The van der Waals surface area contributed by atoms with E-state index in [-0.39, 0.29) is 18.4 Å². The predicted octanol–water partition coefficient (Wildman–Crippen LogP) is 2.47. The Labute approximate surface area is 127 Å². The molecule has 0 spiro atoms. The van der Waals surface area contributed by atoms with Crippen molar-refractivity contribution in [1.82, 2.24) is 4.90 Å². The molecule has 0 unspecified atom stereocenters. The highest BCUT2D eigenvalue weighted by Crippen LogP contribution is 2.16. The number of nitrogens with one attached hydrogen (secondary N) is 1. The van der Waals surface area contributed by atoms with Crippen LogP contribution in [0.25, 0.3) is 0 Å². The van der Waals surface area contributed by atoms with Crippen LogP contribution in [-0.2, 0) is 4.79 Å². The van der Waals surface area contributed by atoms with Gasteiger partial charge >= 0.3 is 0 Å². The summed E-state index contributed by atoms with van der Waals surface area (Å²) in [5.74, 6) is 0.247. The first-order valence-corrected chi connectivity index (χ1v) is 7.21. The molecule has 1 heterocycles. The van der Waals surface area contributed by atoms with Gasteiger partial charge in [-0.2, -0.15) is 0 Å². The molecule has 110 valence electrons. The van der Waals surface area contributed by atoms with Crippen LogP contribution in [0.5, 0.6) is 5.75 Å². The molecule has 0 radical (unpaired) electrons. The van der Waals surface area contributed by atoms with E-state index in [1.807, 2.05) is 11.4 Å². The standard InChI is InChI=1S/C15H16N2O3S/c1-17(15(19)13-7-4-8-21-13)10-14(18)16-11-5-3-6-12(9-11)20-2/h3-9H,10H2,1-2H3,(H,16,18). The van der Waals surface area contributed by atoms with Crippen LogP contribution in [0, 0.1) is 0 Å². The number of thiophene rings is 1. The number of likely N-dealkylation sites (N-methyl/N-ethyl adjacent to an activating group) is 1. The molecule has 0 saturated carbocycles. The van der Waals surface area contributed by atoms with E-state index in [9.17, 15) is 9.59 Å². The van der Waals surface area contributed by atoms with E-state index < -0.39 is 0 Å². The third-order valence-electron chi connectivity index (χ3n) is 2.81. The molecule has 0 aliphatic rings. The number of anilines is 1. The van der Waals surface area contributed by atoms with Gasteiger partial charge in [-0.05, 0) is 23.6 Å². The molecule has 0 aliphatic carbocycles. The van der Waals surface area contributed by atoms with Gasteiger partial charge < -0.3 is 15.0 Å². The average Bonchev–Trinajstić information content (AvgIpc) is 3.00. The zero-order valence-corrected chi connectivity index (χ0v) is 12.6. The van der Waals surface area contributed by atoms with Gasteiger partial charge in [-0.3, -0.25) is 9.59 Å². The molecule has 2 amide bonds. The number of ether oxygens (including phenoxy) is 1. The zero-order chi connectivity index (χ0) is 15.2. The van der Waals surface area contributed by atoms with Crippen molar-refractivity contribution in [2.45, 2.75) is 0 Å². The maximum absolute atomic E-state index is 12.0. The zero-order valence-electron chi connectivity index (χ0n) is 11.8. The van der Waals surface area contributed by atoms with Crippen LogP contribution in [0.1, 0.15) is 9.67 Å². The number of rotatable bonds is 5. The first kappa shape index (κ1) is 15.1. The first-order valence-electron chi connectivity index (χ1n) is 6.33. The molecular weight excluding hydrogens is 288 g/mol. The van der Waals surface area contributed by atoms with Gasteiger partial charge in [0.15, 0.2) is 0 Å². The highest BCUT2D eigenvalue weighted by molar-refractivity contribution is 7.12. The highest BCUT2D eigenvalue weighted by atomic mass is 32.1. The number of methoxy groups -OCH3 is 1. The average molecular weight is 304 g/mol. The maximum Gasteiger partial charge on any atom is 0.264 e. The number of benzene rings is 1. The highest BCUT2D eigenvalue weighted by Gasteiger charge is 2.15. The lowest BCUT2D eigenvalue weighted by atomic mass is 10.3. The topological polar surface area (TPSA) is 58.6 Å². The summed E-state index contributed by atoms with van der Waals surface area (Å²) in [5, 5.41) is 4.57. The lowest BCUT2D eigenvalue weighted by Crippen LogP contribution is -2.34. The van der Waals surface area contributed by atoms with Gasteiger partial charge in [-0.25, -0.2) is 0 Å². The van der Waals surface area contributed by atoms with Crippen LogP contribution >= 0.6 is 11.3 Å².